The highest BCUT2D eigenvalue weighted by Crippen LogP contribution is 2.30. The standard InChI is InChI=1S/C12H17NO2/c1-8(2)15-12(14)10-4-5-13-7-9(3)6-11(10)13/h6-8,10H,4-5H2,1-3H3. The first-order valence-electron chi connectivity index (χ1n) is 5.45. The second kappa shape index (κ2) is 3.72. The normalized spacial score (nSPS) is 19.3. The number of fused-ring (bicyclic) bond motifs is 1. The Kier molecular flexibility index (Phi) is 2.55. The second-order valence-corrected chi connectivity index (χ2v) is 4.46. The molecule has 2 rings (SSSR count). The van der Waals surface area contributed by atoms with Crippen molar-refractivity contribution < 1.29 is 9.53 Å². The third-order valence-corrected chi connectivity index (χ3v) is 2.72. The molecule has 0 saturated carbocycles. The molecule has 15 heavy (non-hydrogen) atoms. The van der Waals surface area contributed by atoms with Crippen molar-refractivity contribution in [2.45, 2.75) is 45.8 Å². The third-order valence-electron chi connectivity index (χ3n) is 2.72. The highest BCUT2D eigenvalue weighted by Gasteiger charge is 2.30. The van der Waals surface area contributed by atoms with Crippen LogP contribution in [0, 0.1) is 6.92 Å². The lowest BCUT2D eigenvalue weighted by atomic mass is 10.0. The molecule has 1 unspecified atom stereocenters. The maximum absolute atomic E-state index is 11.8. The van der Waals surface area contributed by atoms with Crippen molar-refractivity contribution in [3.8, 4) is 0 Å². The predicted molar refractivity (Wildman–Crippen MR) is 57.8 cm³/mol. The predicted octanol–water partition coefficient (Wildman–Crippen LogP) is 2.24. The fraction of sp³-hybridized carbons (Fsp3) is 0.583. The van der Waals surface area contributed by atoms with Gasteiger partial charge < -0.3 is 9.30 Å². The molecule has 1 aliphatic rings. The molecule has 0 aromatic carbocycles. The minimum Gasteiger partial charge on any atom is -0.462 e. The summed E-state index contributed by atoms with van der Waals surface area (Å²) in [6.07, 6.45) is 2.95. The van der Waals surface area contributed by atoms with Gasteiger partial charge in [-0.25, -0.2) is 0 Å². The van der Waals surface area contributed by atoms with E-state index in [0.29, 0.717) is 0 Å². The minimum absolute atomic E-state index is 0.0254. The van der Waals surface area contributed by atoms with E-state index >= 15 is 0 Å². The van der Waals surface area contributed by atoms with Crippen molar-refractivity contribution in [2.24, 2.45) is 0 Å². The fourth-order valence-electron chi connectivity index (χ4n) is 2.14. The number of aryl methyl sites for hydroxylation is 2. The lowest BCUT2D eigenvalue weighted by molar-refractivity contribution is -0.149. The SMILES string of the molecule is Cc1cc2n(c1)CCC2C(=O)OC(C)C. The number of esters is 1. The summed E-state index contributed by atoms with van der Waals surface area (Å²) in [6, 6.07) is 2.08. The molecule has 0 bridgehead atoms. The average Bonchev–Trinajstić information content (AvgIpc) is 2.60. The summed E-state index contributed by atoms with van der Waals surface area (Å²) in [5, 5.41) is 0. The van der Waals surface area contributed by atoms with Gasteiger partial charge in [0.25, 0.3) is 0 Å². The molecule has 1 aromatic heterocycles. The van der Waals surface area contributed by atoms with E-state index in [4.69, 9.17) is 4.74 Å². The first kappa shape index (κ1) is 10.3. The zero-order chi connectivity index (χ0) is 11.0. The molecule has 0 aliphatic carbocycles. The quantitative estimate of drug-likeness (QED) is 0.696. The first-order chi connectivity index (χ1) is 7.08. The maximum atomic E-state index is 11.8. The van der Waals surface area contributed by atoms with Crippen LogP contribution < -0.4 is 0 Å². The van der Waals surface area contributed by atoms with Crippen molar-refractivity contribution in [3.05, 3.63) is 23.5 Å². The molecule has 3 heteroatoms. The summed E-state index contributed by atoms with van der Waals surface area (Å²) in [6.45, 7) is 6.76. The zero-order valence-electron chi connectivity index (χ0n) is 9.49. The van der Waals surface area contributed by atoms with Crippen molar-refractivity contribution in [2.75, 3.05) is 0 Å². The molecular formula is C12H17NO2. The van der Waals surface area contributed by atoms with Gasteiger partial charge in [-0.15, -0.1) is 0 Å². The highest BCUT2D eigenvalue weighted by molar-refractivity contribution is 5.78. The molecule has 1 aliphatic heterocycles. The molecule has 0 amide bonds. The Labute approximate surface area is 90.0 Å². The molecule has 2 heterocycles. The summed E-state index contributed by atoms with van der Waals surface area (Å²) >= 11 is 0. The summed E-state index contributed by atoms with van der Waals surface area (Å²) in [7, 11) is 0. The van der Waals surface area contributed by atoms with Crippen LogP contribution in [0.1, 0.15) is 37.4 Å². The third kappa shape index (κ3) is 1.91. The van der Waals surface area contributed by atoms with Gasteiger partial charge in [-0.2, -0.15) is 0 Å². The Morgan fingerprint density at radius 2 is 2.33 bits per heavy atom. The van der Waals surface area contributed by atoms with Gasteiger partial charge in [0.05, 0.1) is 12.0 Å². The van der Waals surface area contributed by atoms with Crippen molar-refractivity contribution in [1.82, 2.24) is 4.57 Å². The molecular weight excluding hydrogens is 190 g/mol. The Morgan fingerprint density at radius 1 is 1.60 bits per heavy atom. The van der Waals surface area contributed by atoms with Gasteiger partial charge >= 0.3 is 5.97 Å². The minimum atomic E-state index is -0.0816. The van der Waals surface area contributed by atoms with E-state index in [-0.39, 0.29) is 18.0 Å². The molecule has 0 spiro atoms. The Balaban J connectivity index is 2.16. The van der Waals surface area contributed by atoms with E-state index in [1.165, 1.54) is 5.56 Å². The van der Waals surface area contributed by atoms with Crippen LogP contribution in [0.2, 0.25) is 0 Å². The monoisotopic (exact) mass is 207 g/mol. The van der Waals surface area contributed by atoms with Crippen molar-refractivity contribution >= 4 is 5.97 Å². The summed E-state index contributed by atoms with van der Waals surface area (Å²) < 4.78 is 7.40. The molecule has 0 radical (unpaired) electrons. The smallest absolute Gasteiger partial charge is 0.315 e. The molecule has 0 fully saturated rings. The lowest BCUT2D eigenvalue weighted by Gasteiger charge is -2.12. The van der Waals surface area contributed by atoms with Crippen LogP contribution in [-0.2, 0) is 16.1 Å². The number of hydrogen-bond donors (Lipinski definition) is 0. The summed E-state index contributed by atoms with van der Waals surface area (Å²) in [4.78, 5) is 11.8. The average molecular weight is 207 g/mol. The first-order valence-corrected chi connectivity index (χ1v) is 5.45. The Hall–Kier alpha value is -1.25. The fourth-order valence-corrected chi connectivity index (χ4v) is 2.14. The largest absolute Gasteiger partial charge is 0.462 e. The van der Waals surface area contributed by atoms with Gasteiger partial charge in [0.1, 0.15) is 0 Å². The Bertz CT molecular complexity index is 379. The van der Waals surface area contributed by atoms with Crippen LogP contribution >= 0.6 is 0 Å². The molecule has 82 valence electrons. The molecule has 1 aromatic rings. The van der Waals surface area contributed by atoms with E-state index in [2.05, 4.69) is 23.8 Å². The van der Waals surface area contributed by atoms with Gasteiger partial charge in [0, 0.05) is 18.4 Å². The van der Waals surface area contributed by atoms with E-state index in [0.717, 1.165) is 18.7 Å². The van der Waals surface area contributed by atoms with E-state index in [9.17, 15) is 4.79 Å². The number of rotatable bonds is 2. The number of carbonyl (C=O) groups is 1. The number of aromatic nitrogens is 1. The Morgan fingerprint density at radius 3 is 3.00 bits per heavy atom. The van der Waals surface area contributed by atoms with Crippen LogP contribution in [0.5, 0.6) is 0 Å². The topological polar surface area (TPSA) is 31.2 Å². The maximum Gasteiger partial charge on any atom is 0.315 e. The van der Waals surface area contributed by atoms with Gasteiger partial charge in [0.2, 0.25) is 0 Å². The number of nitrogens with zero attached hydrogens (tertiary/aromatic N) is 1. The van der Waals surface area contributed by atoms with Crippen LogP contribution in [0.15, 0.2) is 12.3 Å². The van der Waals surface area contributed by atoms with Crippen LogP contribution in [0.3, 0.4) is 0 Å². The van der Waals surface area contributed by atoms with Crippen LogP contribution in [0.4, 0.5) is 0 Å². The molecule has 0 N–H and O–H groups in total. The van der Waals surface area contributed by atoms with Gasteiger partial charge in [0.15, 0.2) is 0 Å². The van der Waals surface area contributed by atoms with E-state index in [1.54, 1.807) is 0 Å². The second-order valence-electron chi connectivity index (χ2n) is 4.46. The van der Waals surface area contributed by atoms with Crippen LogP contribution in [-0.4, -0.2) is 16.6 Å². The van der Waals surface area contributed by atoms with E-state index < -0.39 is 0 Å². The summed E-state index contributed by atoms with van der Waals surface area (Å²) in [5.41, 5.74) is 2.32. The van der Waals surface area contributed by atoms with E-state index in [1.807, 2.05) is 13.8 Å². The van der Waals surface area contributed by atoms with Gasteiger partial charge in [-0.05, 0) is 38.8 Å². The van der Waals surface area contributed by atoms with Crippen molar-refractivity contribution in [1.29, 1.82) is 0 Å². The lowest BCUT2D eigenvalue weighted by Crippen LogP contribution is -2.17. The molecule has 1 atom stereocenters. The summed E-state index contributed by atoms with van der Waals surface area (Å²) in [5.74, 6) is -0.136. The number of ether oxygens (including phenoxy) is 1. The van der Waals surface area contributed by atoms with Crippen molar-refractivity contribution in [3.63, 3.8) is 0 Å². The molecule has 0 saturated heterocycles. The highest BCUT2D eigenvalue weighted by atomic mass is 16.5. The number of hydrogen-bond acceptors (Lipinski definition) is 2. The van der Waals surface area contributed by atoms with Gasteiger partial charge in [-0.3, -0.25) is 4.79 Å². The molecule has 3 nitrogen and oxygen atoms in total. The van der Waals surface area contributed by atoms with Gasteiger partial charge in [-0.1, -0.05) is 0 Å². The number of carbonyl (C=O) groups excluding carboxylic acids is 1. The zero-order valence-corrected chi connectivity index (χ0v) is 9.49. The van der Waals surface area contributed by atoms with Crippen LogP contribution in [0.25, 0.3) is 0 Å².